The van der Waals surface area contributed by atoms with Crippen molar-refractivity contribution in [3.8, 4) is 0 Å². The number of hydrogen-bond acceptors (Lipinski definition) is 6. The third-order valence-corrected chi connectivity index (χ3v) is 5.07. The maximum absolute atomic E-state index is 13.1. The minimum Gasteiger partial charge on any atom is -0.354 e. The van der Waals surface area contributed by atoms with Crippen LogP contribution in [0, 0.1) is 0 Å². The molecule has 2 N–H and O–H groups in total. The van der Waals surface area contributed by atoms with Crippen LogP contribution < -0.4 is 15.5 Å². The number of amides is 1. The molecule has 0 radical (unpaired) electrons. The lowest BCUT2D eigenvalue weighted by atomic mass is 10.1. The highest BCUT2D eigenvalue weighted by molar-refractivity contribution is 6.03. The topological polar surface area (TPSA) is 92.4 Å². The fourth-order valence-corrected chi connectivity index (χ4v) is 3.51. The van der Waals surface area contributed by atoms with Crippen molar-refractivity contribution in [2.45, 2.75) is 25.3 Å². The monoisotopic (exact) mass is 404 g/mol. The molecular formula is C18H22F2N8O. The number of piperidine rings is 1. The van der Waals surface area contributed by atoms with Gasteiger partial charge in [-0.15, -0.1) is 5.10 Å². The quantitative estimate of drug-likeness (QED) is 0.674. The Morgan fingerprint density at radius 2 is 2.21 bits per heavy atom. The highest BCUT2D eigenvalue weighted by atomic mass is 19.3. The van der Waals surface area contributed by atoms with Crippen molar-refractivity contribution in [1.29, 1.82) is 0 Å². The van der Waals surface area contributed by atoms with Gasteiger partial charge in [0.2, 0.25) is 0 Å². The lowest BCUT2D eigenvalue weighted by molar-refractivity contribution is 0.101. The number of imidazole rings is 1. The number of likely N-dealkylation sites (N-methyl/N-ethyl adjacent to an activating group) is 1. The molecule has 3 aromatic rings. The lowest BCUT2D eigenvalue weighted by Gasteiger charge is -2.32. The predicted octanol–water partition coefficient (Wildman–Crippen LogP) is 1.84. The Balaban J connectivity index is 1.61. The molecule has 0 bridgehead atoms. The molecule has 9 nitrogen and oxygen atoms in total. The number of aryl methyl sites for hydroxylation is 1. The van der Waals surface area contributed by atoms with E-state index in [2.05, 4.69) is 30.7 Å². The molecule has 4 rings (SSSR count). The molecule has 0 aliphatic carbocycles. The highest BCUT2D eigenvalue weighted by Crippen LogP contribution is 2.25. The molecule has 3 aromatic heterocycles. The molecule has 1 aliphatic heterocycles. The molecule has 4 heterocycles. The number of nitrogens with zero attached hydrogens (tertiary/aromatic N) is 6. The van der Waals surface area contributed by atoms with E-state index in [1.54, 1.807) is 6.07 Å². The average molecular weight is 404 g/mol. The van der Waals surface area contributed by atoms with Crippen molar-refractivity contribution >= 4 is 23.1 Å². The van der Waals surface area contributed by atoms with Crippen LogP contribution in [0.3, 0.4) is 0 Å². The predicted molar refractivity (Wildman–Crippen MR) is 103 cm³/mol. The minimum atomic E-state index is -2.80. The van der Waals surface area contributed by atoms with Gasteiger partial charge in [0, 0.05) is 32.9 Å². The SMILES string of the molecule is CN(c1ccc2ncc(C(=O)Nc3cn(C)nc3C(F)F)n2n1)[C@@H]1CCCNC1. The second kappa shape index (κ2) is 7.74. The van der Waals surface area contributed by atoms with Crippen LogP contribution in [0.5, 0.6) is 0 Å². The third-order valence-electron chi connectivity index (χ3n) is 5.07. The fraction of sp³-hybridized carbons (Fsp3) is 0.444. The van der Waals surface area contributed by atoms with Crippen molar-refractivity contribution in [2.24, 2.45) is 7.05 Å². The number of alkyl halides is 2. The molecule has 1 saturated heterocycles. The van der Waals surface area contributed by atoms with Crippen LogP contribution >= 0.6 is 0 Å². The normalized spacial score (nSPS) is 17.1. The summed E-state index contributed by atoms with van der Waals surface area (Å²) in [5, 5.41) is 14.1. The van der Waals surface area contributed by atoms with Crippen molar-refractivity contribution in [3.63, 3.8) is 0 Å². The molecule has 154 valence electrons. The summed E-state index contributed by atoms with van der Waals surface area (Å²) in [5.41, 5.74) is 0.132. The molecule has 1 amide bonds. The standard InChI is InChI=1S/C18H22F2N8O/c1-26-10-12(16(25-26)17(19)20)23-18(29)13-9-22-14-5-6-15(24-28(13)14)27(2)11-4-3-7-21-8-11/h5-6,9-11,17,21H,3-4,7-8H2,1-2H3,(H,23,29)/t11-/m1/s1. The van der Waals surface area contributed by atoms with Crippen LogP contribution in [0.4, 0.5) is 20.3 Å². The summed E-state index contributed by atoms with van der Waals surface area (Å²) in [5.74, 6) is 0.118. The van der Waals surface area contributed by atoms with Crippen LogP contribution in [0.25, 0.3) is 5.65 Å². The van der Waals surface area contributed by atoms with Gasteiger partial charge in [0.05, 0.1) is 11.9 Å². The number of nitrogens with one attached hydrogen (secondary N) is 2. The molecule has 1 atom stereocenters. The molecule has 0 aromatic carbocycles. The van der Waals surface area contributed by atoms with Gasteiger partial charge in [0.15, 0.2) is 17.0 Å². The molecule has 29 heavy (non-hydrogen) atoms. The molecule has 0 saturated carbocycles. The first-order chi connectivity index (χ1) is 13.9. The second-order valence-electron chi connectivity index (χ2n) is 7.07. The van der Waals surface area contributed by atoms with E-state index >= 15 is 0 Å². The van der Waals surface area contributed by atoms with E-state index in [4.69, 9.17) is 0 Å². The van der Waals surface area contributed by atoms with Crippen LogP contribution in [-0.4, -0.2) is 56.5 Å². The van der Waals surface area contributed by atoms with Crippen molar-refractivity contribution < 1.29 is 13.6 Å². The van der Waals surface area contributed by atoms with Gasteiger partial charge in [0.1, 0.15) is 5.82 Å². The Kier molecular flexibility index (Phi) is 5.14. The van der Waals surface area contributed by atoms with Crippen LogP contribution in [0.1, 0.15) is 35.4 Å². The molecule has 1 aliphatic rings. The van der Waals surface area contributed by atoms with E-state index in [1.807, 2.05) is 13.1 Å². The van der Waals surface area contributed by atoms with E-state index in [0.29, 0.717) is 17.5 Å². The maximum atomic E-state index is 13.1. The molecule has 1 fully saturated rings. The van der Waals surface area contributed by atoms with Gasteiger partial charge in [-0.1, -0.05) is 0 Å². The summed E-state index contributed by atoms with van der Waals surface area (Å²) in [4.78, 5) is 19.0. The summed E-state index contributed by atoms with van der Waals surface area (Å²) < 4.78 is 28.9. The summed E-state index contributed by atoms with van der Waals surface area (Å²) in [6, 6.07) is 3.94. The van der Waals surface area contributed by atoms with Crippen molar-refractivity contribution in [1.82, 2.24) is 29.7 Å². The summed E-state index contributed by atoms with van der Waals surface area (Å²) >= 11 is 0. The Morgan fingerprint density at radius 3 is 2.93 bits per heavy atom. The Labute approximate surface area is 165 Å². The zero-order valence-corrected chi connectivity index (χ0v) is 16.1. The van der Waals surface area contributed by atoms with Gasteiger partial charge in [0.25, 0.3) is 12.3 Å². The highest BCUT2D eigenvalue weighted by Gasteiger charge is 2.23. The summed E-state index contributed by atoms with van der Waals surface area (Å²) in [6.07, 6.45) is 2.06. The zero-order valence-electron chi connectivity index (χ0n) is 16.1. The van der Waals surface area contributed by atoms with Gasteiger partial charge in [-0.2, -0.15) is 5.10 Å². The van der Waals surface area contributed by atoms with Gasteiger partial charge in [-0.25, -0.2) is 18.3 Å². The number of anilines is 2. The van der Waals surface area contributed by atoms with Crippen molar-refractivity contribution in [3.05, 3.63) is 35.9 Å². The van der Waals surface area contributed by atoms with Crippen LogP contribution in [0.2, 0.25) is 0 Å². The van der Waals surface area contributed by atoms with Crippen molar-refractivity contribution in [2.75, 3.05) is 30.4 Å². The minimum absolute atomic E-state index is 0.0380. The zero-order chi connectivity index (χ0) is 20.5. The number of carbonyl (C=O) groups is 1. The second-order valence-corrected chi connectivity index (χ2v) is 7.07. The van der Waals surface area contributed by atoms with E-state index in [-0.39, 0.29) is 11.4 Å². The smallest absolute Gasteiger partial charge is 0.284 e. The van der Waals surface area contributed by atoms with Gasteiger partial charge >= 0.3 is 0 Å². The number of fused-ring (bicyclic) bond motifs is 1. The summed E-state index contributed by atoms with van der Waals surface area (Å²) in [6.45, 7) is 1.88. The Bertz CT molecular complexity index is 1020. The van der Waals surface area contributed by atoms with E-state index in [0.717, 1.165) is 25.9 Å². The molecular weight excluding hydrogens is 382 g/mol. The first kappa shape index (κ1) is 19.2. The third kappa shape index (κ3) is 3.77. The number of halogens is 2. The largest absolute Gasteiger partial charge is 0.354 e. The molecule has 11 heteroatoms. The van der Waals surface area contributed by atoms with Crippen LogP contribution in [0.15, 0.2) is 24.5 Å². The number of carbonyl (C=O) groups excluding carboxylic acids is 1. The van der Waals surface area contributed by atoms with Gasteiger partial charge in [-0.05, 0) is 31.5 Å². The Morgan fingerprint density at radius 1 is 1.38 bits per heavy atom. The number of hydrogen-bond donors (Lipinski definition) is 2. The first-order valence-corrected chi connectivity index (χ1v) is 9.35. The van der Waals surface area contributed by atoms with E-state index < -0.39 is 18.0 Å². The molecule has 0 unspecified atom stereocenters. The van der Waals surface area contributed by atoms with Crippen LogP contribution in [-0.2, 0) is 7.05 Å². The fourth-order valence-electron chi connectivity index (χ4n) is 3.51. The van der Waals surface area contributed by atoms with E-state index in [1.165, 1.54) is 28.6 Å². The average Bonchev–Trinajstić information content (AvgIpc) is 3.30. The van der Waals surface area contributed by atoms with Gasteiger partial charge in [-0.3, -0.25) is 9.48 Å². The first-order valence-electron chi connectivity index (χ1n) is 9.35. The van der Waals surface area contributed by atoms with E-state index in [9.17, 15) is 13.6 Å². The number of rotatable bonds is 5. The Hall–Kier alpha value is -3.08. The number of aromatic nitrogens is 5. The van der Waals surface area contributed by atoms with Gasteiger partial charge < -0.3 is 15.5 Å². The summed E-state index contributed by atoms with van der Waals surface area (Å²) in [7, 11) is 3.48. The molecule has 0 spiro atoms. The maximum Gasteiger partial charge on any atom is 0.284 e. The lowest BCUT2D eigenvalue weighted by Crippen LogP contribution is -2.44.